The highest BCUT2D eigenvalue weighted by atomic mass is 19.4. The van der Waals surface area contributed by atoms with Gasteiger partial charge in [0.1, 0.15) is 17.8 Å². The van der Waals surface area contributed by atoms with Crippen LogP contribution in [-0.2, 0) is 33.4 Å². The first-order chi connectivity index (χ1) is 22.7. The Morgan fingerprint density at radius 1 is 1.08 bits per heavy atom. The lowest BCUT2D eigenvalue weighted by atomic mass is 10.1. The Morgan fingerprint density at radius 3 is 2.48 bits per heavy atom. The molecule has 1 aromatic carbocycles. The van der Waals surface area contributed by atoms with Gasteiger partial charge in [-0.1, -0.05) is 13.0 Å². The van der Waals surface area contributed by atoms with Crippen LogP contribution in [0.1, 0.15) is 51.2 Å². The third-order valence-electron chi connectivity index (χ3n) is 8.16. The number of carbonyl (C=O) groups is 2. The van der Waals surface area contributed by atoms with E-state index in [-0.39, 0.29) is 29.0 Å². The fourth-order valence-corrected chi connectivity index (χ4v) is 5.98. The fraction of sp³-hybridized carbons (Fsp3) is 0.469. The summed E-state index contributed by atoms with van der Waals surface area (Å²) in [6.07, 6.45) is -1.20. The molecule has 2 aliphatic rings. The summed E-state index contributed by atoms with van der Waals surface area (Å²) >= 11 is 0. The van der Waals surface area contributed by atoms with Crippen LogP contribution in [0.25, 0.3) is 22.3 Å². The van der Waals surface area contributed by atoms with Gasteiger partial charge in [-0.05, 0) is 57.4 Å². The van der Waals surface area contributed by atoms with Crippen molar-refractivity contribution in [2.24, 2.45) is 0 Å². The van der Waals surface area contributed by atoms with Crippen molar-refractivity contribution in [3.05, 3.63) is 58.0 Å². The molecule has 0 atom stereocenters. The number of carbonyl (C=O) groups excluding carboxylic acids is 2. The molecule has 2 amide bonds. The molecule has 48 heavy (non-hydrogen) atoms. The van der Waals surface area contributed by atoms with Gasteiger partial charge in [-0.25, -0.2) is 4.79 Å². The predicted molar refractivity (Wildman–Crippen MR) is 170 cm³/mol. The van der Waals surface area contributed by atoms with E-state index in [1.807, 2.05) is 17.9 Å². The molecule has 0 saturated carbocycles. The highest BCUT2D eigenvalue weighted by molar-refractivity contribution is 6.00. The maximum Gasteiger partial charge on any atom is 0.417 e. The molecule has 1 saturated heterocycles. The number of alkyl halides is 3. The molecular weight excluding hydrogens is 635 g/mol. The van der Waals surface area contributed by atoms with Crippen molar-refractivity contribution in [2.75, 3.05) is 49.6 Å². The maximum atomic E-state index is 14.1. The minimum atomic E-state index is -4.61. The van der Waals surface area contributed by atoms with E-state index in [1.165, 1.54) is 10.6 Å². The van der Waals surface area contributed by atoms with Crippen LogP contribution in [-0.4, -0.2) is 81.1 Å². The summed E-state index contributed by atoms with van der Waals surface area (Å²) in [7, 11) is 0. The summed E-state index contributed by atoms with van der Waals surface area (Å²) in [6.45, 7) is 8.99. The van der Waals surface area contributed by atoms with Crippen LogP contribution in [0.3, 0.4) is 0 Å². The van der Waals surface area contributed by atoms with Gasteiger partial charge in [0.05, 0.1) is 36.4 Å². The molecule has 0 spiro atoms. The van der Waals surface area contributed by atoms with E-state index in [1.54, 1.807) is 30.2 Å². The Bertz CT molecular complexity index is 1960. The van der Waals surface area contributed by atoms with E-state index in [4.69, 9.17) is 13.9 Å². The molecule has 3 aromatic heterocycles. The number of nitrogens with zero attached hydrogens (tertiary/aromatic N) is 6. The van der Waals surface area contributed by atoms with E-state index in [9.17, 15) is 27.6 Å². The molecule has 16 heteroatoms. The van der Waals surface area contributed by atoms with Crippen molar-refractivity contribution in [1.29, 1.82) is 0 Å². The van der Waals surface area contributed by atoms with Crippen LogP contribution in [0.4, 0.5) is 29.3 Å². The molecule has 0 aliphatic carbocycles. The van der Waals surface area contributed by atoms with Crippen LogP contribution in [0.5, 0.6) is 0 Å². The van der Waals surface area contributed by atoms with Gasteiger partial charge >= 0.3 is 12.3 Å². The van der Waals surface area contributed by atoms with Crippen molar-refractivity contribution in [2.45, 2.75) is 58.9 Å². The lowest BCUT2D eigenvalue weighted by Gasteiger charge is -2.37. The number of furan rings is 1. The van der Waals surface area contributed by atoms with E-state index >= 15 is 0 Å². The molecule has 0 radical (unpaired) electrons. The smallest absolute Gasteiger partial charge is 0.417 e. The summed E-state index contributed by atoms with van der Waals surface area (Å²) in [5, 5.41) is 7.05. The van der Waals surface area contributed by atoms with Crippen LogP contribution >= 0.6 is 0 Å². The Morgan fingerprint density at radius 2 is 1.83 bits per heavy atom. The molecule has 5 heterocycles. The van der Waals surface area contributed by atoms with Crippen LogP contribution in [0.15, 0.2) is 39.7 Å². The molecule has 256 valence electrons. The second-order valence-electron chi connectivity index (χ2n) is 12.6. The van der Waals surface area contributed by atoms with Crippen LogP contribution < -0.4 is 15.8 Å². The molecule has 0 bridgehead atoms. The first kappa shape index (κ1) is 33.1. The van der Waals surface area contributed by atoms with Gasteiger partial charge in [-0.15, -0.1) is 5.10 Å². The average molecular weight is 672 g/mol. The maximum absolute atomic E-state index is 14.1. The number of benzene rings is 1. The van der Waals surface area contributed by atoms with Crippen molar-refractivity contribution in [1.82, 2.24) is 24.1 Å². The predicted octanol–water partition coefficient (Wildman–Crippen LogP) is 4.72. The third kappa shape index (κ3) is 6.48. The van der Waals surface area contributed by atoms with Crippen molar-refractivity contribution < 1.29 is 36.7 Å². The van der Waals surface area contributed by atoms with E-state index in [2.05, 4.69) is 15.4 Å². The Kier molecular flexibility index (Phi) is 8.70. The zero-order chi connectivity index (χ0) is 34.4. The Labute approximate surface area is 272 Å². The van der Waals surface area contributed by atoms with E-state index < -0.39 is 34.9 Å². The standard InChI is InChI=1S/C32H36F3N7O6/c1-5-23-25(39-11-13-40(14-12-39)30(45)48-31(2,3)4)28(44)42-29(37-27(38-42)19-8-15-46-16-9-19)41(23)18-24(43)36-22-7-6-21(32(33,34)35)20-10-17-47-26(20)22/h6-8,10,17H,5,9,11-16,18H2,1-4H3,(H,36,43). The third-order valence-corrected chi connectivity index (χ3v) is 8.16. The van der Waals surface area contributed by atoms with Crippen LogP contribution in [0.2, 0.25) is 0 Å². The number of piperazine rings is 1. The summed E-state index contributed by atoms with van der Waals surface area (Å²) in [5.41, 5.74) is -0.363. The quantitative estimate of drug-likeness (QED) is 0.309. The average Bonchev–Trinajstić information content (AvgIpc) is 3.70. The summed E-state index contributed by atoms with van der Waals surface area (Å²) in [6, 6.07) is 3.24. The first-order valence-corrected chi connectivity index (χ1v) is 15.6. The van der Waals surface area contributed by atoms with Gasteiger partial charge in [0, 0.05) is 31.6 Å². The monoisotopic (exact) mass is 671 g/mol. The highest BCUT2D eigenvalue weighted by Crippen LogP contribution is 2.38. The van der Waals surface area contributed by atoms with Gasteiger partial charge in [0.2, 0.25) is 11.7 Å². The number of fused-ring (bicyclic) bond motifs is 2. The number of halogens is 3. The topological polar surface area (TPSA) is 136 Å². The van der Waals surface area contributed by atoms with Gasteiger partial charge in [-0.2, -0.15) is 22.7 Å². The molecular formula is C32H36F3N7O6. The largest absolute Gasteiger partial charge is 0.462 e. The molecule has 4 aromatic rings. The van der Waals surface area contributed by atoms with Crippen LogP contribution in [0, 0.1) is 0 Å². The number of ether oxygens (including phenoxy) is 2. The number of anilines is 2. The lowest BCUT2D eigenvalue weighted by Crippen LogP contribution is -2.51. The zero-order valence-electron chi connectivity index (χ0n) is 27.0. The lowest BCUT2D eigenvalue weighted by molar-refractivity contribution is -0.136. The molecule has 2 aliphatic heterocycles. The molecule has 6 rings (SSSR count). The second kappa shape index (κ2) is 12.6. The molecule has 0 unspecified atom stereocenters. The fourth-order valence-electron chi connectivity index (χ4n) is 5.98. The van der Waals surface area contributed by atoms with Gasteiger partial charge in [0.15, 0.2) is 11.4 Å². The minimum absolute atomic E-state index is 0.0659. The van der Waals surface area contributed by atoms with Gasteiger partial charge in [-0.3, -0.25) is 9.59 Å². The van der Waals surface area contributed by atoms with Gasteiger partial charge < -0.3 is 33.6 Å². The number of hydrogen-bond donors (Lipinski definition) is 1. The van der Waals surface area contributed by atoms with E-state index in [0.29, 0.717) is 69.4 Å². The molecule has 1 fully saturated rings. The summed E-state index contributed by atoms with van der Waals surface area (Å²) in [4.78, 5) is 48.6. The molecule has 1 N–H and O–H groups in total. The van der Waals surface area contributed by atoms with E-state index in [0.717, 1.165) is 24.0 Å². The second-order valence-corrected chi connectivity index (χ2v) is 12.6. The Balaban J connectivity index is 1.37. The normalized spacial score (nSPS) is 16.0. The Hall–Kier alpha value is -4.86. The number of aromatic nitrogens is 4. The number of amides is 2. The van der Waals surface area contributed by atoms with Crippen molar-refractivity contribution in [3.8, 4) is 0 Å². The van der Waals surface area contributed by atoms with Crippen molar-refractivity contribution in [3.63, 3.8) is 0 Å². The summed E-state index contributed by atoms with van der Waals surface area (Å²) < 4.78 is 59.8. The number of hydrogen-bond acceptors (Lipinski definition) is 9. The summed E-state index contributed by atoms with van der Waals surface area (Å²) in [5.74, 6) is -0.108. The zero-order valence-corrected chi connectivity index (χ0v) is 27.0. The number of nitrogens with one attached hydrogen (secondary N) is 1. The van der Waals surface area contributed by atoms with Gasteiger partial charge in [0.25, 0.3) is 5.56 Å². The minimum Gasteiger partial charge on any atom is -0.462 e. The van der Waals surface area contributed by atoms with Crippen molar-refractivity contribution >= 4 is 45.7 Å². The molecule has 13 nitrogen and oxygen atoms in total. The highest BCUT2D eigenvalue weighted by Gasteiger charge is 2.34. The number of rotatable bonds is 6. The first-order valence-electron chi connectivity index (χ1n) is 15.6. The SMILES string of the molecule is CCc1c(N2CCN(C(=O)OC(C)(C)C)CC2)c(=O)n2nc(C3=CCOCC3)nc2n1CC(=O)Nc1ccc(C(F)(F)F)c2ccoc12.